The Morgan fingerprint density at radius 3 is 1.85 bits per heavy atom. The number of esters is 1. The summed E-state index contributed by atoms with van der Waals surface area (Å²) in [6, 6.07) is 12.2. The molecule has 0 heterocycles. The summed E-state index contributed by atoms with van der Waals surface area (Å²) in [5.41, 5.74) is 1.81. The number of hydrogen-bond acceptors (Lipinski definition) is 5. The number of rotatable bonds is 22. The van der Waals surface area contributed by atoms with E-state index < -0.39 is 0 Å². The van der Waals surface area contributed by atoms with Gasteiger partial charge in [-0.3, -0.25) is 4.99 Å². The predicted molar refractivity (Wildman–Crippen MR) is 163 cm³/mol. The van der Waals surface area contributed by atoms with E-state index in [4.69, 9.17) is 9.47 Å². The summed E-state index contributed by atoms with van der Waals surface area (Å²) in [4.78, 5) is 16.4. The van der Waals surface area contributed by atoms with Gasteiger partial charge in [0.2, 0.25) is 0 Å². The molecule has 0 aliphatic carbocycles. The Bertz CT molecular complexity index is 939. The summed E-state index contributed by atoms with van der Waals surface area (Å²) in [6.07, 6.45) is 22.2. The molecule has 216 valence electrons. The molecule has 2 aromatic rings. The van der Waals surface area contributed by atoms with E-state index in [-0.39, 0.29) is 11.7 Å². The van der Waals surface area contributed by atoms with E-state index in [2.05, 4.69) is 18.8 Å². The third-order valence-corrected chi connectivity index (χ3v) is 6.96. The van der Waals surface area contributed by atoms with Crippen LogP contribution >= 0.6 is 0 Å². The molecule has 0 aliphatic heterocycles. The Kier molecular flexibility index (Phi) is 17.5. The zero-order valence-corrected chi connectivity index (χ0v) is 24.5. The number of phenols is 1. The Hall–Kier alpha value is -2.82. The minimum absolute atomic E-state index is 0.133. The molecule has 5 heteroatoms. The molecular formula is C34H51NO4. The zero-order chi connectivity index (χ0) is 28.0. The van der Waals surface area contributed by atoms with Crippen molar-refractivity contribution in [2.45, 2.75) is 117 Å². The fraction of sp³-hybridized carbons (Fsp3) is 0.588. The maximum atomic E-state index is 12.0. The minimum atomic E-state index is -0.318. The summed E-state index contributed by atoms with van der Waals surface area (Å²) in [6.45, 7) is 5.43. The minimum Gasteiger partial charge on any atom is -0.507 e. The van der Waals surface area contributed by atoms with Gasteiger partial charge >= 0.3 is 5.97 Å². The van der Waals surface area contributed by atoms with Gasteiger partial charge in [0.1, 0.15) is 11.5 Å². The Morgan fingerprint density at radius 1 is 0.718 bits per heavy atom. The summed E-state index contributed by atoms with van der Waals surface area (Å²) < 4.78 is 11.1. The van der Waals surface area contributed by atoms with Gasteiger partial charge in [-0.05, 0) is 49.2 Å². The van der Waals surface area contributed by atoms with Crippen LogP contribution in [0.5, 0.6) is 11.5 Å². The summed E-state index contributed by atoms with van der Waals surface area (Å²) in [5.74, 6) is 0.486. The van der Waals surface area contributed by atoms with Crippen LogP contribution in [0.1, 0.15) is 133 Å². The van der Waals surface area contributed by atoms with Crippen molar-refractivity contribution in [3.8, 4) is 11.5 Å². The standard InChI is InChI=1S/C34H51NO4/c1-3-5-7-8-9-10-11-12-13-14-15-16-17-18-26-38-32-24-21-30(33(36)27-32)28-35-31-22-19-29(20-23-31)34(37)39-25-6-4-2/h19-24,27-28,36H,3-18,25-26H2,1-2H3. The number of hydrogen-bond donors (Lipinski definition) is 1. The van der Waals surface area contributed by atoms with Crippen LogP contribution in [0.3, 0.4) is 0 Å². The predicted octanol–water partition coefficient (Wildman–Crippen LogP) is 9.96. The van der Waals surface area contributed by atoms with Crippen LogP contribution in [0, 0.1) is 0 Å². The lowest BCUT2D eigenvalue weighted by atomic mass is 10.0. The third-order valence-electron chi connectivity index (χ3n) is 6.96. The lowest BCUT2D eigenvalue weighted by Gasteiger charge is -2.08. The van der Waals surface area contributed by atoms with E-state index in [1.165, 1.54) is 83.5 Å². The summed E-state index contributed by atoms with van der Waals surface area (Å²) in [7, 11) is 0. The van der Waals surface area contributed by atoms with E-state index in [1.54, 1.807) is 42.6 Å². The molecule has 0 amide bonds. The number of benzene rings is 2. The highest BCUT2D eigenvalue weighted by atomic mass is 16.5. The van der Waals surface area contributed by atoms with Crippen LogP contribution in [-0.2, 0) is 4.74 Å². The van der Waals surface area contributed by atoms with E-state index in [0.29, 0.717) is 35.8 Å². The van der Waals surface area contributed by atoms with Crippen molar-refractivity contribution in [1.29, 1.82) is 0 Å². The molecule has 0 aliphatic rings. The maximum absolute atomic E-state index is 12.0. The lowest BCUT2D eigenvalue weighted by molar-refractivity contribution is 0.0499. The highest BCUT2D eigenvalue weighted by Crippen LogP contribution is 2.24. The van der Waals surface area contributed by atoms with Gasteiger partial charge < -0.3 is 14.6 Å². The first-order valence-electron chi connectivity index (χ1n) is 15.4. The quantitative estimate of drug-likeness (QED) is 0.0921. The van der Waals surface area contributed by atoms with Crippen molar-refractivity contribution in [1.82, 2.24) is 0 Å². The first kappa shape index (κ1) is 32.4. The fourth-order valence-electron chi connectivity index (χ4n) is 4.43. The van der Waals surface area contributed by atoms with Gasteiger partial charge in [0.25, 0.3) is 0 Å². The summed E-state index contributed by atoms with van der Waals surface area (Å²) >= 11 is 0. The van der Waals surface area contributed by atoms with Crippen molar-refractivity contribution in [2.24, 2.45) is 4.99 Å². The molecule has 0 radical (unpaired) electrons. The normalized spacial score (nSPS) is 11.2. The monoisotopic (exact) mass is 537 g/mol. The molecule has 1 N–H and O–H groups in total. The van der Waals surface area contributed by atoms with Crippen LogP contribution in [0.25, 0.3) is 0 Å². The topological polar surface area (TPSA) is 68.1 Å². The highest BCUT2D eigenvalue weighted by molar-refractivity contribution is 5.90. The molecule has 2 rings (SSSR count). The molecule has 5 nitrogen and oxygen atoms in total. The number of ether oxygens (including phenoxy) is 2. The van der Waals surface area contributed by atoms with Gasteiger partial charge in [0.05, 0.1) is 24.5 Å². The molecule has 0 aromatic heterocycles. The molecule has 39 heavy (non-hydrogen) atoms. The average Bonchev–Trinajstić information content (AvgIpc) is 2.95. The molecule has 0 bridgehead atoms. The molecule has 2 aromatic carbocycles. The molecular weight excluding hydrogens is 486 g/mol. The molecule has 0 spiro atoms. The van der Waals surface area contributed by atoms with Gasteiger partial charge in [0, 0.05) is 17.8 Å². The second kappa shape index (κ2) is 21.1. The van der Waals surface area contributed by atoms with Crippen molar-refractivity contribution >= 4 is 17.9 Å². The second-order valence-electron chi connectivity index (χ2n) is 10.5. The fourth-order valence-corrected chi connectivity index (χ4v) is 4.43. The SMILES string of the molecule is CCCCCCCCCCCCCCCCOc1ccc(C=Nc2ccc(C(=O)OCCCC)cc2)c(O)c1. The molecule has 0 atom stereocenters. The lowest BCUT2D eigenvalue weighted by Crippen LogP contribution is -2.05. The van der Waals surface area contributed by atoms with Gasteiger partial charge in [-0.15, -0.1) is 0 Å². The van der Waals surface area contributed by atoms with Gasteiger partial charge in [0.15, 0.2) is 0 Å². The van der Waals surface area contributed by atoms with Gasteiger partial charge in [-0.1, -0.05) is 104 Å². The maximum Gasteiger partial charge on any atom is 0.338 e. The van der Waals surface area contributed by atoms with Crippen LogP contribution in [0.4, 0.5) is 5.69 Å². The van der Waals surface area contributed by atoms with E-state index in [1.807, 2.05) is 6.07 Å². The number of carbonyl (C=O) groups excluding carboxylic acids is 1. The van der Waals surface area contributed by atoms with Crippen molar-refractivity contribution in [3.63, 3.8) is 0 Å². The molecule has 0 saturated heterocycles. The van der Waals surface area contributed by atoms with E-state index in [0.717, 1.165) is 19.3 Å². The number of nitrogens with zero attached hydrogens (tertiary/aromatic N) is 1. The Balaban J connectivity index is 1.57. The average molecular weight is 538 g/mol. The summed E-state index contributed by atoms with van der Waals surface area (Å²) in [5, 5.41) is 10.4. The smallest absolute Gasteiger partial charge is 0.338 e. The number of unbranched alkanes of at least 4 members (excludes halogenated alkanes) is 14. The van der Waals surface area contributed by atoms with Gasteiger partial charge in [-0.2, -0.15) is 0 Å². The van der Waals surface area contributed by atoms with Crippen LogP contribution < -0.4 is 4.74 Å². The number of carbonyl (C=O) groups is 1. The first-order chi connectivity index (χ1) is 19.1. The van der Waals surface area contributed by atoms with Crippen molar-refractivity contribution < 1.29 is 19.4 Å². The number of aromatic hydroxyl groups is 1. The Morgan fingerprint density at radius 2 is 1.28 bits per heavy atom. The number of aliphatic imine (C=N–C) groups is 1. The van der Waals surface area contributed by atoms with Crippen LogP contribution in [-0.4, -0.2) is 30.5 Å². The second-order valence-corrected chi connectivity index (χ2v) is 10.5. The van der Waals surface area contributed by atoms with Crippen LogP contribution in [0.15, 0.2) is 47.5 Å². The molecule has 0 fully saturated rings. The van der Waals surface area contributed by atoms with E-state index in [9.17, 15) is 9.90 Å². The highest BCUT2D eigenvalue weighted by Gasteiger charge is 2.06. The van der Waals surface area contributed by atoms with E-state index >= 15 is 0 Å². The van der Waals surface area contributed by atoms with Crippen molar-refractivity contribution in [3.05, 3.63) is 53.6 Å². The van der Waals surface area contributed by atoms with Gasteiger partial charge in [-0.25, -0.2) is 4.79 Å². The Labute approximate surface area is 237 Å². The van der Waals surface area contributed by atoms with Crippen molar-refractivity contribution in [2.75, 3.05) is 13.2 Å². The van der Waals surface area contributed by atoms with Crippen LogP contribution in [0.2, 0.25) is 0 Å². The number of phenolic OH excluding ortho intramolecular Hbond substituents is 1. The molecule has 0 unspecified atom stereocenters. The third kappa shape index (κ3) is 14.8. The zero-order valence-electron chi connectivity index (χ0n) is 24.5. The largest absolute Gasteiger partial charge is 0.507 e. The molecule has 0 saturated carbocycles. The first-order valence-corrected chi connectivity index (χ1v) is 15.4.